The molecule has 43 heavy (non-hydrogen) atoms. The Bertz CT molecular complexity index is 1860. The summed E-state index contributed by atoms with van der Waals surface area (Å²) in [6.45, 7) is 3.59. The number of carbonyl (C=O) groups excluding carboxylic acids is 4. The van der Waals surface area contributed by atoms with E-state index in [4.69, 9.17) is 21.3 Å². The van der Waals surface area contributed by atoms with Gasteiger partial charge in [-0.05, 0) is 80.6 Å². The smallest absolute Gasteiger partial charge is 0.339 e. The predicted molar refractivity (Wildman–Crippen MR) is 163 cm³/mol. The van der Waals surface area contributed by atoms with Crippen LogP contribution in [0.15, 0.2) is 90.5 Å². The molecule has 4 aromatic rings. The van der Waals surface area contributed by atoms with Gasteiger partial charge in [-0.25, -0.2) is 9.78 Å². The van der Waals surface area contributed by atoms with Crippen molar-refractivity contribution in [1.82, 2.24) is 4.98 Å². The Morgan fingerprint density at radius 2 is 1.65 bits per heavy atom. The molecular weight excluding hydrogens is 564 g/mol. The zero-order valence-electron chi connectivity index (χ0n) is 23.5. The number of esters is 1. The van der Waals surface area contributed by atoms with Gasteiger partial charge in [0.15, 0.2) is 6.10 Å². The molecule has 2 amide bonds. The maximum atomic E-state index is 13.4. The molecule has 2 fully saturated rings. The van der Waals surface area contributed by atoms with E-state index in [9.17, 15) is 19.2 Å². The van der Waals surface area contributed by atoms with Crippen molar-refractivity contribution >= 4 is 51.8 Å². The summed E-state index contributed by atoms with van der Waals surface area (Å²) in [5.74, 6) is -1.50. The van der Waals surface area contributed by atoms with Crippen molar-refractivity contribution in [3.8, 4) is 11.3 Å². The van der Waals surface area contributed by atoms with Gasteiger partial charge in [0.1, 0.15) is 0 Å². The van der Waals surface area contributed by atoms with E-state index in [1.54, 1.807) is 72.8 Å². The summed E-state index contributed by atoms with van der Waals surface area (Å²) < 4.78 is 5.62. The molecular formula is C35H27ClN2O5. The first kappa shape index (κ1) is 27.2. The minimum absolute atomic E-state index is 0.126. The standard InChI is InChI=1S/C35H27ClN2O5/c1-18-15-22-16-26(18)31-30(22)33(40)38(34(31)41)24-13-9-20(10-14-24)29-17-27(25-5-3-4-6-28(25)37-29)35(42)43-19(2)32(39)21-7-11-23(36)12-8-21/h3-15,17,19,22,26,30-31H,16H2,1-2H3. The van der Waals surface area contributed by atoms with E-state index >= 15 is 0 Å². The van der Waals surface area contributed by atoms with Gasteiger partial charge in [0.05, 0.1) is 34.3 Å². The summed E-state index contributed by atoms with van der Waals surface area (Å²) in [5, 5.41) is 1.10. The lowest BCUT2D eigenvalue weighted by molar-refractivity contribution is -0.123. The Balaban J connectivity index is 1.16. The first-order chi connectivity index (χ1) is 20.7. The molecule has 0 spiro atoms. The molecule has 1 saturated heterocycles. The van der Waals surface area contributed by atoms with Gasteiger partial charge in [-0.15, -0.1) is 0 Å². The molecule has 7 nitrogen and oxygen atoms in total. The average molecular weight is 591 g/mol. The van der Waals surface area contributed by atoms with Crippen LogP contribution in [-0.4, -0.2) is 34.7 Å². The van der Waals surface area contributed by atoms with Gasteiger partial charge in [0.25, 0.3) is 0 Å². The second-order valence-electron chi connectivity index (χ2n) is 11.5. The number of hydrogen-bond acceptors (Lipinski definition) is 6. The van der Waals surface area contributed by atoms with E-state index in [0.717, 1.165) is 6.42 Å². The quantitative estimate of drug-likeness (QED) is 0.108. The zero-order chi connectivity index (χ0) is 30.0. The largest absolute Gasteiger partial charge is 0.451 e. The van der Waals surface area contributed by atoms with Crippen LogP contribution in [0.4, 0.5) is 5.69 Å². The van der Waals surface area contributed by atoms with Gasteiger partial charge in [-0.3, -0.25) is 19.3 Å². The maximum absolute atomic E-state index is 13.4. The Hall–Kier alpha value is -4.62. The SMILES string of the molecule is CC1=CC2CC1C1C(=O)N(c3ccc(-c4cc(C(=O)OC(C)C(=O)c5ccc(Cl)cc5)c5ccccc5n4)cc3)C(=O)C21. The highest BCUT2D eigenvalue weighted by Gasteiger charge is 2.60. The van der Waals surface area contributed by atoms with Crippen LogP contribution in [0.5, 0.6) is 0 Å². The molecule has 1 aliphatic heterocycles. The van der Waals surface area contributed by atoms with Crippen LogP contribution in [0.1, 0.15) is 41.0 Å². The summed E-state index contributed by atoms with van der Waals surface area (Å²) in [6.07, 6.45) is 2.02. The number of benzene rings is 3. The van der Waals surface area contributed by atoms with Gasteiger partial charge in [0, 0.05) is 21.5 Å². The summed E-state index contributed by atoms with van der Waals surface area (Å²) in [6, 6.07) is 22.3. The van der Waals surface area contributed by atoms with Crippen molar-refractivity contribution in [3.63, 3.8) is 0 Å². The molecule has 214 valence electrons. The highest BCUT2D eigenvalue weighted by Crippen LogP contribution is 2.56. The number of hydrogen-bond donors (Lipinski definition) is 0. The summed E-state index contributed by atoms with van der Waals surface area (Å²) in [5.41, 5.74) is 4.21. The lowest BCUT2D eigenvalue weighted by atomic mass is 9.82. The molecule has 3 aliphatic rings. The van der Waals surface area contributed by atoms with Crippen LogP contribution in [0.25, 0.3) is 22.2 Å². The third-order valence-electron chi connectivity index (χ3n) is 9.02. The minimum atomic E-state index is -1.02. The van der Waals surface area contributed by atoms with Crippen LogP contribution in [0.3, 0.4) is 0 Å². The molecule has 3 aromatic carbocycles. The van der Waals surface area contributed by atoms with Crippen molar-refractivity contribution in [3.05, 3.63) is 107 Å². The predicted octanol–water partition coefficient (Wildman–Crippen LogP) is 6.69. The van der Waals surface area contributed by atoms with Gasteiger partial charge in [-0.1, -0.05) is 53.6 Å². The van der Waals surface area contributed by atoms with E-state index in [1.807, 2.05) is 6.07 Å². The van der Waals surface area contributed by atoms with Crippen molar-refractivity contribution < 1.29 is 23.9 Å². The van der Waals surface area contributed by atoms with Gasteiger partial charge in [-0.2, -0.15) is 0 Å². The monoisotopic (exact) mass is 590 g/mol. The number of allylic oxidation sites excluding steroid dienone is 2. The van der Waals surface area contributed by atoms with Gasteiger partial charge in [0.2, 0.25) is 17.6 Å². The number of halogens is 1. The van der Waals surface area contributed by atoms with Crippen LogP contribution in [0, 0.1) is 23.7 Å². The Morgan fingerprint density at radius 1 is 0.953 bits per heavy atom. The highest BCUT2D eigenvalue weighted by molar-refractivity contribution is 6.30. The molecule has 1 saturated carbocycles. The minimum Gasteiger partial charge on any atom is -0.451 e. The number of ketones is 1. The number of fused-ring (bicyclic) bond motifs is 6. The maximum Gasteiger partial charge on any atom is 0.339 e. The van der Waals surface area contributed by atoms with Gasteiger partial charge < -0.3 is 4.74 Å². The molecule has 2 heterocycles. The Morgan fingerprint density at radius 3 is 2.40 bits per heavy atom. The van der Waals surface area contributed by atoms with Crippen LogP contribution in [-0.2, 0) is 14.3 Å². The molecule has 5 unspecified atom stereocenters. The molecule has 2 aliphatic carbocycles. The molecule has 0 N–H and O–H groups in total. The Labute approximate surface area is 253 Å². The fraction of sp³-hybridized carbons (Fsp3) is 0.229. The van der Waals surface area contributed by atoms with Crippen molar-refractivity contribution in [2.24, 2.45) is 23.7 Å². The number of nitrogens with zero attached hydrogens (tertiary/aromatic N) is 2. The number of imide groups is 1. The number of Topliss-reactive ketones (excluding diaryl/α,β-unsaturated/α-hetero) is 1. The fourth-order valence-corrected chi connectivity index (χ4v) is 7.05. The number of rotatable bonds is 6. The van der Waals surface area contributed by atoms with E-state index in [2.05, 4.69) is 13.0 Å². The third-order valence-corrected chi connectivity index (χ3v) is 9.27. The zero-order valence-corrected chi connectivity index (χ0v) is 24.2. The Kier molecular flexibility index (Phi) is 6.51. The number of pyridine rings is 1. The van der Waals surface area contributed by atoms with Crippen molar-refractivity contribution in [1.29, 1.82) is 0 Å². The summed E-state index contributed by atoms with van der Waals surface area (Å²) in [7, 11) is 0. The number of ether oxygens (including phenoxy) is 1. The third kappa shape index (κ3) is 4.46. The fourth-order valence-electron chi connectivity index (χ4n) is 6.93. The lowest BCUT2D eigenvalue weighted by Gasteiger charge is -2.19. The van der Waals surface area contributed by atoms with Crippen LogP contribution in [0.2, 0.25) is 5.02 Å². The number of para-hydroxylation sites is 1. The molecule has 2 bridgehead atoms. The second kappa shape index (κ2) is 10.3. The van der Waals surface area contributed by atoms with E-state index in [1.165, 1.54) is 17.4 Å². The topological polar surface area (TPSA) is 93.6 Å². The molecule has 7 rings (SSSR count). The van der Waals surface area contributed by atoms with E-state index in [-0.39, 0.29) is 46.8 Å². The first-order valence-corrected chi connectivity index (χ1v) is 14.7. The normalized spacial score (nSPS) is 23.0. The molecule has 8 heteroatoms. The number of amides is 2. The van der Waals surface area contributed by atoms with E-state index in [0.29, 0.717) is 38.4 Å². The number of anilines is 1. The van der Waals surface area contributed by atoms with Crippen molar-refractivity contribution in [2.75, 3.05) is 4.90 Å². The molecule has 0 radical (unpaired) electrons. The highest BCUT2D eigenvalue weighted by atomic mass is 35.5. The number of aromatic nitrogens is 1. The van der Waals surface area contributed by atoms with Crippen LogP contribution >= 0.6 is 11.6 Å². The molecule has 5 atom stereocenters. The van der Waals surface area contributed by atoms with Crippen LogP contribution < -0.4 is 4.90 Å². The second-order valence-corrected chi connectivity index (χ2v) is 12.0. The first-order valence-electron chi connectivity index (χ1n) is 14.3. The molecule has 1 aromatic heterocycles. The van der Waals surface area contributed by atoms with Crippen molar-refractivity contribution in [2.45, 2.75) is 26.4 Å². The summed E-state index contributed by atoms with van der Waals surface area (Å²) >= 11 is 5.94. The van der Waals surface area contributed by atoms with E-state index < -0.39 is 12.1 Å². The van der Waals surface area contributed by atoms with Gasteiger partial charge >= 0.3 is 5.97 Å². The number of carbonyl (C=O) groups is 4. The average Bonchev–Trinajstić information content (AvgIpc) is 3.66. The lowest BCUT2D eigenvalue weighted by Crippen LogP contribution is -2.32. The summed E-state index contributed by atoms with van der Waals surface area (Å²) in [4.78, 5) is 59.1.